The maximum atomic E-state index is 12.4. The average molecular weight is 281 g/mol. The molecular formula is C15H23NO2S. The van der Waals surface area contributed by atoms with Crippen molar-refractivity contribution >= 4 is 9.84 Å². The molecule has 0 bridgehead atoms. The highest BCUT2D eigenvalue weighted by Crippen LogP contribution is 2.27. The van der Waals surface area contributed by atoms with Gasteiger partial charge in [-0.1, -0.05) is 25.1 Å². The largest absolute Gasteiger partial charge is 0.300 e. The van der Waals surface area contributed by atoms with Crippen LogP contribution in [-0.4, -0.2) is 38.2 Å². The highest BCUT2D eigenvalue weighted by molar-refractivity contribution is 7.91. The van der Waals surface area contributed by atoms with Gasteiger partial charge in [0.2, 0.25) is 0 Å². The lowest BCUT2D eigenvalue weighted by molar-refractivity contribution is 0.264. The van der Waals surface area contributed by atoms with Gasteiger partial charge in [0.15, 0.2) is 9.84 Å². The fourth-order valence-corrected chi connectivity index (χ4v) is 4.48. The summed E-state index contributed by atoms with van der Waals surface area (Å²) < 4.78 is 24.8. The van der Waals surface area contributed by atoms with Crippen LogP contribution >= 0.6 is 0 Å². The van der Waals surface area contributed by atoms with Crippen LogP contribution in [0.1, 0.15) is 20.8 Å². The maximum Gasteiger partial charge on any atom is 0.178 e. The molecule has 0 N–H and O–H groups in total. The van der Waals surface area contributed by atoms with Crippen LogP contribution in [0.4, 0.5) is 0 Å². The molecule has 0 aromatic heterocycles. The number of hydrogen-bond donors (Lipinski definition) is 0. The summed E-state index contributed by atoms with van der Waals surface area (Å²) in [4.78, 5) is 2.82. The van der Waals surface area contributed by atoms with E-state index in [0.717, 1.165) is 13.1 Å². The molecule has 0 amide bonds. The van der Waals surface area contributed by atoms with Crippen LogP contribution in [0.25, 0.3) is 0 Å². The first kappa shape index (κ1) is 14.5. The Morgan fingerprint density at radius 2 is 1.84 bits per heavy atom. The first-order valence-corrected chi connectivity index (χ1v) is 8.57. The van der Waals surface area contributed by atoms with Gasteiger partial charge in [0.25, 0.3) is 0 Å². The van der Waals surface area contributed by atoms with Crippen molar-refractivity contribution in [2.45, 2.75) is 31.7 Å². The van der Waals surface area contributed by atoms with Crippen molar-refractivity contribution < 1.29 is 8.42 Å². The highest BCUT2D eigenvalue weighted by Gasteiger charge is 2.34. The molecule has 0 saturated carbocycles. The summed E-state index contributed by atoms with van der Waals surface area (Å²) in [6.07, 6.45) is 0. The molecule has 3 nitrogen and oxygen atoms in total. The summed E-state index contributed by atoms with van der Waals surface area (Å²) >= 11 is 0. The monoisotopic (exact) mass is 281 g/mol. The Labute approximate surface area is 116 Å². The molecule has 1 aromatic rings. The smallest absolute Gasteiger partial charge is 0.178 e. The summed E-state index contributed by atoms with van der Waals surface area (Å²) in [5, 5.41) is 0. The van der Waals surface area contributed by atoms with Crippen LogP contribution in [0.3, 0.4) is 0 Å². The van der Waals surface area contributed by atoms with Crippen molar-refractivity contribution in [2.75, 3.05) is 18.8 Å². The predicted molar refractivity (Wildman–Crippen MR) is 77.9 cm³/mol. The van der Waals surface area contributed by atoms with E-state index in [1.54, 1.807) is 24.3 Å². The first-order chi connectivity index (χ1) is 8.90. The number of rotatable bonds is 4. The molecule has 2 atom stereocenters. The lowest BCUT2D eigenvalue weighted by atomic mass is 10.0. The van der Waals surface area contributed by atoms with Gasteiger partial charge in [-0.05, 0) is 37.8 Å². The van der Waals surface area contributed by atoms with Crippen molar-refractivity contribution in [2.24, 2.45) is 11.8 Å². The van der Waals surface area contributed by atoms with Gasteiger partial charge >= 0.3 is 0 Å². The second-order valence-electron chi connectivity index (χ2n) is 5.88. The van der Waals surface area contributed by atoms with Crippen LogP contribution in [0.15, 0.2) is 35.2 Å². The second kappa shape index (κ2) is 5.63. The predicted octanol–water partition coefficient (Wildman–Crippen LogP) is 2.44. The molecule has 106 valence electrons. The fraction of sp³-hybridized carbons (Fsp3) is 0.600. The lowest BCUT2D eigenvalue weighted by Gasteiger charge is -2.20. The zero-order chi connectivity index (χ0) is 14.0. The highest BCUT2D eigenvalue weighted by atomic mass is 32.2. The first-order valence-electron chi connectivity index (χ1n) is 6.92. The number of likely N-dealkylation sites (tertiary alicyclic amines) is 1. The second-order valence-corrected chi connectivity index (χ2v) is 7.91. The summed E-state index contributed by atoms with van der Waals surface area (Å²) in [5.74, 6) is 0.954. The molecule has 1 aliphatic heterocycles. The van der Waals surface area contributed by atoms with Gasteiger partial charge in [0.1, 0.15) is 0 Å². The third kappa shape index (κ3) is 3.37. The van der Waals surface area contributed by atoms with Gasteiger partial charge in [0, 0.05) is 19.1 Å². The van der Waals surface area contributed by atoms with E-state index in [9.17, 15) is 8.42 Å². The van der Waals surface area contributed by atoms with Crippen molar-refractivity contribution in [1.29, 1.82) is 0 Å². The van der Waals surface area contributed by atoms with Gasteiger partial charge < -0.3 is 4.90 Å². The Bertz CT molecular complexity index is 510. The lowest BCUT2D eigenvalue weighted by Crippen LogP contribution is -2.29. The van der Waals surface area contributed by atoms with Crippen molar-refractivity contribution in [3.05, 3.63) is 30.3 Å². The molecule has 1 fully saturated rings. The Kier molecular flexibility index (Phi) is 4.31. The number of benzene rings is 1. The number of hydrogen-bond acceptors (Lipinski definition) is 3. The molecule has 1 saturated heterocycles. The molecule has 1 heterocycles. The number of sulfone groups is 1. The van der Waals surface area contributed by atoms with Crippen molar-refractivity contribution in [3.63, 3.8) is 0 Å². The topological polar surface area (TPSA) is 37.4 Å². The molecule has 0 spiro atoms. The third-order valence-corrected chi connectivity index (χ3v) is 5.92. The van der Waals surface area contributed by atoms with Crippen molar-refractivity contribution in [3.8, 4) is 0 Å². The van der Waals surface area contributed by atoms with Gasteiger partial charge in [-0.15, -0.1) is 0 Å². The van der Waals surface area contributed by atoms with Crippen LogP contribution in [0.2, 0.25) is 0 Å². The summed E-state index contributed by atoms with van der Waals surface area (Å²) in [6.45, 7) is 8.40. The Hall–Kier alpha value is -0.870. The van der Waals surface area contributed by atoms with E-state index in [-0.39, 0.29) is 11.7 Å². The van der Waals surface area contributed by atoms with E-state index >= 15 is 0 Å². The quantitative estimate of drug-likeness (QED) is 0.850. The number of nitrogens with zero attached hydrogens (tertiary/aromatic N) is 1. The molecular weight excluding hydrogens is 258 g/mol. The molecule has 2 unspecified atom stereocenters. The fourth-order valence-electron chi connectivity index (χ4n) is 2.72. The van der Waals surface area contributed by atoms with Crippen LogP contribution in [0, 0.1) is 11.8 Å². The van der Waals surface area contributed by atoms with Crippen molar-refractivity contribution in [1.82, 2.24) is 4.90 Å². The zero-order valence-corrected chi connectivity index (χ0v) is 12.7. The minimum atomic E-state index is -3.15. The van der Waals surface area contributed by atoms with Crippen LogP contribution in [0.5, 0.6) is 0 Å². The van der Waals surface area contributed by atoms with E-state index in [0.29, 0.717) is 16.9 Å². The van der Waals surface area contributed by atoms with E-state index in [2.05, 4.69) is 25.7 Å². The van der Waals surface area contributed by atoms with Crippen LogP contribution in [-0.2, 0) is 9.84 Å². The minimum Gasteiger partial charge on any atom is -0.300 e. The summed E-state index contributed by atoms with van der Waals surface area (Å²) in [5.41, 5.74) is 0. The molecule has 0 aliphatic carbocycles. The zero-order valence-electron chi connectivity index (χ0n) is 11.9. The van der Waals surface area contributed by atoms with E-state index in [4.69, 9.17) is 0 Å². The molecule has 4 heteroatoms. The van der Waals surface area contributed by atoms with Gasteiger partial charge in [-0.2, -0.15) is 0 Å². The molecule has 1 aromatic carbocycles. The Balaban J connectivity index is 2.10. The molecule has 1 aliphatic rings. The SMILES string of the molecule is CC1CN(C(C)C)CC1CS(=O)(=O)c1ccccc1. The van der Waals surface area contributed by atoms with E-state index in [1.807, 2.05) is 6.07 Å². The van der Waals surface area contributed by atoms with E-state index in [1.165, 1.54) is 0 Å². The van der Waals surface area contributed by atoms with Crippen LogP contribution < -0.4 is 0 Å². The van der Waals surface area contributed by atoms with Gasteiger partial charge in [0.05, 0.1) is 10.6 Å². The minimum absolute atomic E-state index is 0.243. The van der Waals surface area contributed by atoms with Gasteiger partial charge in [-0.25, -0.2) is 8.42 Å². The summed E-state index contributed by atoms with van der Waals surface area (Å²) in [6, 6.07) is 9.28. The normalized spacial score (nSPS) is 25.1. The van der Waals surface area contributed by atoms with E-state index < -0.39 is 9.84 Å². The Morgan fingerprint density at radius 3 is 2.37 bits per heavy atom. The molecule has 0 radical (unpaired) electrons. The van der Waals surface area contributed by atoms with Gasteiger partial charge in [-0.3, -0.25) is 0 Å². The Morgan fingerprint density at radius 1 is 1.21 bits per heavy atom. The molecule has 2 rings (SSSR count). The summed E-state index contributed by atoms with van der Waals surface area (Å²) in [7, 11) is -3.15. The molecule has 19 heavy (non-hydrogen) atoms. The third-order valence-electron chi connectivity index (χ3n) is 4.06. The maximum absolute atomic E-state index is 12.4. The average Bonchev–Trinajstić information content (AvgIpc) is 2.72. The standard InChI is InChI=1S/C15H23NO2S/c1-12(2)16-9-13(3)14(10-16)11-19(17,18)15-7-5-4-6-8-15/h4-8,12-14H,9-11H2,1-3H3.